The zero-order valence-corrected chi connectivity index (χ0v) is 15.7. The van der Waals surface area contributed by atoms with E-state index in [0.717, 1.165) is 25.5 Å². The van der Waals surface area contributed by atoms with Crippen molar-refractivity contribution in [3.05, 3.63) is 52.9 Å². The molecule has 1 aromatic heterocycles. The molecule has 2 N–H and O–H groups in total. The predicted octanol–water partition coefficient (Wildman–Crippen LogP) is 1.66. The van der Waals surface area contributed by atoms with Crippen molar-refractivity contribution in [2.75, 3.05) is 26.7 Å². The number of benzene rings is 1. The minimum atomic E-state index is -3.41. The highest BCUT2D eigenvalue weighted by Crippen LogP contribution is 2.18. The van der Waals surface area contributed by atoms with Crippen molar-refractivity contribution in [2.45, 2.75) is 17.2 Å². The average molecular weight is 379 g/mol. The smallest absolute Gasteiger partial charge is 0.250 e. The maximum Gasteiger partial charge on any atom is 0.250 e. The zero-order valence-electron chi connectivity index (χ0n) is 14.1. The first-order valence-electron chi connectivity index (χ1n) is 8.16. The van der Waals surface area contributed by atoms with Crippen LogP contribution in [0, 0.1) is 0 Å². The highest BCUT2D eigenvalue weighted by atomic mass is 32.2. The fourth-order valence-corrected chi connectivity index (χ4v) is 4.93. The van der Waals surface area contributed by atoms with E-state index in [1.807, 2.05) is 0 Å². The maximum atomic E-state index is 12.1. The molecule has 3 rings (SSSR count). The molecule has 0 amide bonds. The van der Waals surface area contributed by atoms with Gasteiger partial charge in [0.05, 0.1) is 0 Å². The predicted molar refractivity (Wildman–Crippen MR) is 101 cm³/mol. The molecule has 25 heavy (non-hydrogen) atoms. The van der Waals surface area contributed by atoms with Gasteiger partial charge in [-0.15, -0.1) is 11.3 Å². The van der Waals surface area contributed by atoms with Crippen molar-refractivity contribution in [2.24, 2.45) is 4.99 Å². The molecule has 0 unspecified atom stereocenters. The highest BCUT2D eigenvalue weighted by molar-refractivity contribution is 7.91. The third-order valence-electron chi connectivity index (χ3n) is 4.10. The van der Waals surface area contributed by atoms with Crippen LogP contribution < -0.4 is 10.0 Å². The van der Waals surface area contributed by atoms with Crippen LogP contribution in [0.3, 0.4) is 0 Å². The second-order valence-electron chi connectivity index (χ2n) is 5.74. The van der Waals surface area contributed by atoms with Gasteiger partial charge in [0.15, 0.2) is 5.96 Å². The van der Waals surface area contributed by atoms with Gasteiger partial charge in [0, 0.05) is 33.2 Å². The number of rotatable bonds is 5. The minimum absolute atomic E-state index is 0.309. The van der Waals surface area contributed by atoms with Gasteiger partial charge in [-0.2, -0.15) is 0 Å². The Morgan fingerprint density at radius 1 is 1.20 bits per heavy atom. The van der Waals surface area contributed by atoms with Crippen LogP contribution in [0.2, 0.25) is 0 Å². The third-order valence-corrected chi connectivity index (χ3v) is 6.96. The van der Waals surface area contributed by atoms with Crippen LogP contribution in [-0.2, 0) is 23.0 Å². The summed E-state index contributed by atoms with van der Waals surface area (Å²) in [5.74, 6) is 0.796. The summed E-state index contributed by atoms with van der Waals surface area (Å²) in [5.41, 5.74) is 2.70. The van der Waals surface area contributed by atoms with Crippen molar-refractivity contribution >= 4 is 27.3 Å². The molecule has 1 aromatic carbocycles. The monoisotopic (exact) mass is 378 g/mol. The lowest BCUT2D eigenvalue weighted by atomic mass is 10.0. The lowest BCUT2D eigenvalue weighted by Crippen LogP contribution is -2.46. The zero-order chi connectivity index (χ0) is 17.7. The van der Waals surface area contributed by atoms with E-state index < -0.39 is 10.0 Å². The number of fused-ring (bicyclic) bond motifs is 1. The first-order valence-corrected chi connectivity index (χ1v) is 10.5. The van der Waals surface area contributed by atoms with Crippen LogP contribution in [0.4, 0.5) is 0 Å². The molecule has 0 saturated heterocycles. The van der Waals surface area contributed by atoms with Gasteiger partial charge in [0.2, 0.25) is 10.0 Å². The average Bonchev–Trinajstić information content (AvgIpc) is 3.17. The van der Waals surface area contributed by atoms with E-state index in [1.165, 1.54) is 22.5 Å². The Balaban J connectivity index is 1.51. The van der Waals surface area contributed by atoms with E-state index >= 15 is 0 Å². The van der Waals surface area contributed by atoms with Crippen LogP contribution in [-0.4, -0.2) is 46.0 Å². The van der Waals surface area contributed by atoms with Crippen molar-refractivity contribution in [3.8, 4) is 0 Å². The normalized spacial score (nSPS) is 15.1. The molecule has 2 heterocycles. The molecule has 2 aromatic rings. The Hall–Kier alpha value is -1.90. The first-order chi connectivity index (χ1) is 12.1. The van der Waals surface area contributed by atoms with Crippen molar-refractivity contribution < 1.29 is 8.42 Å². The van der Waals surface area contributed by atoms with Crippen molar-refractivity contribution in [3.63, 3.8) is 0 Å². The first kappa shape index (κ1) is 17.9. The molecule has 8 heteroatoms. The molecule has 0 saturated carbocycles. The lowest BCUT2D eigenvalue weighted by Gasteiger charge is -2.31. The molecule has 0 fully saturated rings. The second kappa shape index (κ2) is 7.99. The van der Waals surface area contributed by atoms with E-state index in [2.05, 4.69) is 44.2 Å². The van der Waals surface area contributed by atoms with Crippen LogP contribution in [0.25, 0.3) is 0 Å². The number of hydrogen-bond donors (Lipinski definition) is 2. The SMILES string of the molecule is CN=C(NCCNS(=O)(=O)c1cccs1)N1CCc2ccccc2C1. The summed E-state index contributed by atoms with van der Waals surface area (Å²) < 4.78 is 27.1. The fraction of sp³-hybridized carbons (Fsp3) is 0.353. The van der Waals surface area contributed by atoms with Crippen LogP contribution in [0.1, 0.15) is 11.1 Å². The third kappa shape index (κ3) is 4.39. The van der Waals surface area contributed by atoms with Gasteiger partial charge in [-0.3, -0.25) is 4.99 Å². The van der Waals surface area contributed by atoms with Gasteiger partial charge in [0.1, 0.15) is 4.21 Å². The molecule has 1 aliphatic rings. The summed E-state index contributed by atoms with van der Waals surface area (Å²) >= 11 is 1.21. The number of guanidine groups is 1. The van der Waals surface area contributed by atoms with Gasteiger partial charge < -0.3 is 10.2 Å². The molecular formula is C17H22N4O2S2. The number of aliphatic imine (C=N–C) groups is 1. The quantitative estimate of drug-likeness (QED) is 0.471. The van der Waals surface area contributed by atoms with Crippen LogP contribution in [0.15, 0.2) is 51.0 Å². The molecular weight excluding hydrogens is 356 g/mol. The number of hydrogen-bond acceptors (Lipinski definition) is 4. The lowest BCUT2D eigenvalue weighted by molar-refractivity contribution is 0.379. The van der Waals surface area contributed by atoms with Crippen molar-refractivity contribution in [1.82, 2.24) is 14.9 Å². The van der Waals surface area contributed by atoms with Crippen LogP contribution >= 0.6 is 11.3 Å². The van der Waals surface area contributed by atoms with E-state index in [1.54, 1.807) is 24.6 Å². The van der Waals surface area contributed by atoms with Gasteiger partial charge in [-0.05, 0) is 29.0 Å². The summed E-state index contributed by atoms with van der Waals surface area (Å²) in [6.45, 7) is 2.51. The number of thiophene rings is 1. The minimum Gasteiger partial charge on any atom is -0.355 e. The molecule has 0 spiro atoms. The van der Waals surface area contributed by atoms with E-state index in [9.17, 15) is 8.42 Å². The van der Waals surface area contributed by atoms with E-state index in [4.69, 9.17) is 0 Å². The largest absolute Gasteiger partial charge is 0.355 e. The van der Waals surface area contributed by atoms with E-state index in [0.29, 0.717) is 17.3 Å². The van der Waals surface area contributed by atoms with Crippen molar-refractivity contribution in [1.29, 1.82) is 0 Å². The summed E-state index contributed by atoms with van der Waals surface area (Å²) in [7, 11) is -1.66. The maximum absolute atomic E-state index is 12.1. The Labute approximate surface area is 152 Å². The summed E-state index contributed by atoms with van der Waals surface area (Å²) in [6, 6.07) is 11.8. The standard InChI is InChI=1S/C17H22N4O2S2/c1-18-17(21-11-8-14-5-2-3-6-15(14)13-21)19-9-10-20-25(22,23)16-7-4-12-24-16/h2-7,12,20H,8-11,13H2,1H3,(H,18,19). The fourth-order valence-electron chi connectivity index (χ4n) is 2.86. The molecule has 0 radical (unpaired) electrons. The number of nitrogens with zero attached hydrogens (tertiary/aromatic N) is 2. The summed E-state index contributed by atoms with van der Waals surface area (Å²) in [5, 5.41) is 4.99. The van der Waals surface area contributed by atoms with Gasteiger partial charge in [-0.1, -0.05) is 30.3 Å². The van der Waals surface area contributed by atoms with Gasteiger partial charge >= 0.3 is 0 Å². The molecule has 0 bridgehead atoms. The topological polar surface area (TPSA) is 73.8 Å². The van der Waals surface area contributed by atoms with E-state index in [-0.39, 0.29) is 0 Å². The Morgan fingerprint density at radius 2 is 2.00 bits per heavy atom. The molecule has 0 aliphatic carbocycles. The number of sulfonamides is 1. The molecule has 6 nitrogen and oxygen atoms in total. The Bertz CT molecular complexity index is 832. The number of nitrogens with one attached hydrogen (secondary N) is 2. The summed E-state index contributed by atoms with van der Waals surface area (Å²) in [6.07, 6.45) is 0.988. The Morgan fingerprint density at radius 3 is 2.72 bits per heavy atom. The second-order valence-corrected chi connectivity index (χ2v) is 8.69. The van der Waals surface area contributed by atoms with Gasteiger partial charge in [0.25, 0.3) is 0 Å². The van der Waals surface area contributed by atoms with Gasteiger partial charge in [-0.25, -0.2) is 13.1 Å². The van der Waals surface area contributed by atoms with Crippen LogP contribution in [0.5, 0.6) is 0 Å². The molecule has 1 aliphatic heterocycles. The molecule has 0 atom stereocenters. The summed E-state index contributed by atoms with van der Waals surface area (Å²) in [4.78, 5) is 6.52. The Kier molecular flexibility index (Phi) is 5.72. The highest BCUT2D eigenvalue weighted by Gasteiger charge is 2.19. The molecule has 134 valence electrons.